The minimum atomic E-state index is -0.573. The van der Waals surface area contributed by atoms with Crippen LogP contribution in [0.5, 0.6) is 0 Å². The molecule has 2 heterocycles. The largest absolute Gasteiger partial charge is 0.393 e. The summed E-state index contributed by atoms with van der Waals surface area (Å²) in [5.74, 6) is -0.207. The lowest BCUT2D eigenvalue weighted by molar-refractivity contribution is -0.383. The highest BCUT2D eigenvalue weighted by Gasteiger charge is 2.24. The summed E-state index contributed by atoms with van der Waals surface area (Å²) >= 11 is 7.51. The van der Waals surface area contributed by atoms with E-state index in [-0.39, 0.29) is 17.3 Å². The summed E-state index contributed by atoms with van der Waals surface area (Å²) < 4.78 is 0.772. The van der Waals surface area contributed by atoms with Crippen LogP contribution in [0.4, 0.5) is 11.4 Å². The second kappa shape index (κ2) is 7.38. The number of halogens is 1. The molecule has 1 aromatic carbocycles. The van der Waals surface area contributed by atoms with Crippen LogP contribution >= 0.6 is 22.9 Å². The molecule has 1 fully saturated rings. The molecule has 0 bridgehead atoms. The Balaban J connectivity index is 1.61. The first-order valence-electron chi connectivity index (χ1n) is 7.74. The van der Waals surface area contributed by atoms with Gasteiger partial charge in [0.1, 0.15) is 5.69 Å². The van der Waals surface area contributed by atoms with Crippen molar-refractivity contribution in [1.82, 2.24) is 9.80 Å². The molecule has 0 unspecified atom stereocenters. The van der Waals surface area contributed by atoms with Crippen molar-refractivity contribution in [3.63, 3.8) is 0 Å². The molecule has 1 aliphatic heterocycles. The number of hydrogen-bond donors (Lipinski definition) is 1. The standard InChI is InChI=1S/C16H17ClN4O3S/c17-15-4-2-12(25-15)10-19-5-7-20(8-6-19)16(22)11-1-3-13(18)14(9-11)21(23)24/h1-4,9H,5-8,10,18H2. The summed E-state index contributed by atoms with van der Waals surface area (Å²) in [5, 5.41) is 11.0. The van der Waals surface area contributed by atoms with Crippen LogP contribution in [0.25, 0.3) is 0 Å². The number of nitro groups is 1. The molecule has 25 heavy (non-hydrogen) atoms. The smallest absolute Gasteiger partial charge is 0.292 e. The Morgan fingerprint density at radius 1 is 1.24 bits per heavy atom. The van der Waals surface area contributed by atoms with E-state index in [1.807, 2.05) is 12.1 Å². The number of nitro benzene ring substituents is 1. The lowest BCUT2D eigenvalue weighted by Crippen LogP contribution is -2.48. The van der Waals surface area contributed by atoms with Crippen molar-refractivity contribution in [2.24, 2.45) is 0 Å². The lowest BCUT2D eigenvalue weighted by atomic mass is 10.1. The van der Waals surface area contributed by atoms with Crippen molar-refractivity contribution in [3.05, 3.63) is 55.2 Å². The number of nitrogen functional groups attached to an aromatic ring is 1. The van der Waals surface area contributed by atoms with Gasteiger partial charge in [0, 0.05) is 49.2 Å². The number of carbonyl (C=O) groups is 1. The van der Waals surface area contributed by atoms with Gasteiger partial charge < -0.3 is 10.6 Å². The normalized spacial score (nSPS) is 15.3. The van der Waals surface area contributed by atoms with E-state index in [9.17, 15) is 14.9 Å². The van der Waals surface area contributed by atoms with Gasteiger partial charge in [-0.2, -0.15) is 0 Å². The van der Waals surface area contributed by atoms with E-state index < -0.39 is 4.92 Å². The molecule has 0 aliphatic carbocycles. The first-order valence-corrected chi connectivity index (χ1v) is 8.93. The van der Waals surface area contributed by atoms with Gasteiger partial charge in [0.25, 0.3) is 11.6 Å². The Morgan fingerprint density at radius 3 is 2.56 bits per heavy atom. The Kier molecular flexibility index (Phi) is 5.22. The highest BCUT2D eigenvalue weighted by Crippen LogP contribution is 2.25. The number of nitrogens with zero attached hydrogens (tertiary/aromatic N) is 3. The summed E-state index contributed by atoms with van der Waals surface area (Å²) in [6.07, 6.45) is 0. The molecule has 1 amide bonds. The monoisotopic (exact) mass is 380 g/mol. The van der Waals surface area contributed by atoms with Crippen LogP contribution in [-0.4, -0.2) is 46.8 Å². The SMILES string of the molecule is Nc1ccc(C(=O)N2CCN(Cc3ccc(Cl)s3)CC2)cc1[N+](=O)[O-]. The van der Waals surface area contributed by atoms with E-state index in [0.717, 1.165) is 24.0 Å². The van der Waals surface area contributed by atoms with Crippen LogP contribution in [0.15, 0.2) is 30.3 Å². The van der Waals surface area contributed by atoms with Crippen molar-refractivity contribution in [2.45, 2.75) is 6.54 Å². The summed E-state index contributed by atoms with van der Waals surface area (Å²) in [5.41, 5.74) is 5.69. The molecular weight excluding hydrogens is 364 g/mol. The summed E-state index contributed by atoms with van der Waals surface area (Å²) in [7, 11) is 0. The van der Waals surface area contributed by atoms with E-state index in [1.54, 1.807) is 16.2 Å². The zero-order valence-corrected chi connectivity index (χ0v) is 14.9. The molecule has 0 spiro atoms. The van der Waals surface area contributed by atoms with Gasteiger partial charge in [-0.05, 0) is 24.3 Å². The van der Waals surface area contributed by atoms with Crippen LogP contribution < -0.4 is 5.73 Å². The second-order valence-electron chi connectivity index (χ2n) is 5.80. The third-order valence-electron chi connectivity index (χ3n) is 4.14. The van der Waals surface area contributed by atoms with Crippen LogP contribution in [0, 0.1) is 10.1 Å². The maximum absolute atomic E-state index is 12.6. The fourth-order valence-electron chi connectivity index (χ4n) is 2.78. The minimum absolute atomic E-state index is 0.0565. The van der Waals surface area contributed by atoms with Crippen molar-refractivity contribution < 1.29 is 9.72 Å². The number of anilines is 1. The van der Waals surface area contributed by atoms with Gasteiger partial charge in [0.2, 0.25) is 0 Å². The third-order valence-corrected chi connectivity index (χ3v) is 5.36. The minimum Gasteiger partial charge on any atom is -0.393 e. The molecule has 1 aliphatic rings. The molecular formula is C16H17ClN4O3S. The van der Waals surface area contributed by atoms with E-state index in [2.05, 4.69) is 4.90 Å². The molecule has 2 aromatic rings. The van der Waals surface area contributed by atoms with E-state index in [4.69, 9.17) is 17.3 Å². The van der Waals surface area contributed by atoms with Gasteiger partial charge in [0.15, 0.2) is 0 Å². The summed E-state index contributed by atoms with van der Waals surface area (Å²) in [6.45, 7) is 3.47. The Hall–Kier alpha value is -2.16. The zero-order valence-electron chi connectivity index (χ0n) is 13.4. The predicted octanol–water partition coefficient (Wildman–Crippen LogP) is 2.85. The molecule has 3 rings (SSSR count). The molecule has 9 heteroatoms. The third kappa shape index (κ3) is 4.09. The van der Waals surface area contributed by atoms with Crippen molar-refractivity contribution >= 4 is 40.2 Å². The van der Waals surface area contributed by atoms with Gasteiger partial charge in [-0.15, -0.1) is 11.3 Å². The first kappa shape index (κ1) is 17.7. The number of piperazine rings is 1. The second-order valence-corrected chi connectivity index (χ2v) is 7.60. The van der Waals surface area contributed by atoms with Gasteiger partial charge in [-0.3, -0.25) is 19.8 Å². The van der Waals surface area contributed by atoms with Crippen molar-refractivity contribution in [1.29, 1.82) is 0 Å². The highest BCUT2D eigenvalue weighted by molar-refractivity contribution is 7.16. The molecule has 132 valence electrons. The fraction of sp³-hybridized carbons (Fsp3) is 0.312. The number of benzene rings is 1. The van der Waals surface area contributed by atoms with Gasteiger partial charge >= 0.3 is 0 Å². The Bertz CT molecular complexity index is 802. The number of carbonyl (C=O) groups excluding carboxylic acids is 1. The van der Waals surface area contributed by atoms with E-state index in [0.29, 0.717) is 18.7 Å². The van der Waals surface area contributed by atoms with Crippen molar-refractivity contribution in [3.8, 4) is 0 Å². The number of nitrogens with two attached hydrogens (primary N) is 1. The molecule has 0 atom stereocenters. The van der Waals surface area contributed by atoms with E-state index in [1.165, 1.54) is 23.1 Å². The average Bonchev–Trinajstić information content (AvgIpc) is 3.00. The van der Waals surface area contributed by atoms with Crippen LogP contribution in [0.3, 0.4) is 0 Å². The molecule has 1 aromatic heterocycles. The van der Waals surface area contributed by atoms with Gasteiger partial charge in [-0.25, -0.2) is 0 Å². The molecule has 2 N–H and O–H groups in total. The fourth-order valence-corrected chi connectivity index (χ4v) is 3.91. The topological polar surface area (TPSA) is 92.7 Å². The quantitative estimate of drug-likeness (QED) is 0.500. The maximum atomic E-state index is 12.6. The summed E-state index contributed by atoms with van der Waals surface area (Å²) in [4.78, 5) is 28.2. The molecule has 0 radical (unpaired) electrons. The first-order chi connectivity index (χ1) is 11.9. The van der Waals surface area contributed by atoms with E-state index >= 15 is 0 Å². The van der Waals surface area contributed by atoms with Crippen LogP contribution in [0.1, 0.15) is 15.2 Å². The Morgan fingerprint density at radius 2 is 1.96 bits per heavy atom. The molecule has 7 nitrogen and oxygen atoms in total. The highest BCUT2D eigenvalue weighted by atomic mass is 35.5. The van der Waals surface area contributed by atoms with Crippen molar-refractivity contribution in [2.75, 3.05) is 31.9 Å². The molecule has 1 saturated heterocycles. The zero-order chi connectivity index (χ0) is 18.0. The predicted molar refractivity (Wildman–Crippen MR) is 98.0 cm³/mol. The number of rotatable bonds is 4. The summed E-state index contributed by atoms with van der Waals surface area (Å²) in [6, 6.07) is 8.08. The van der Waals surface area contributed by atoms with Gasteiger partial charge in [-0.1, -0.05) is 11.6 Å². The average molecular weight is 381 g/mol. The number of hydrogen-bond acceptors (Lipinski definition) is 6. The van der Waals surface area contributed by atoms with Gasteiger partial charge in [0.05, 0.1) is 9.26 Å². The maximum Gasteiger partial charge on any atom is 0.292 e. The van der Waals surface area contributed by atoms with Crippen LogP contribution in [0.2, 0.25) is 4.34 Å². The Labute approximate surface area is 153 Å². The number of thiophene rings is 1. The number of amides is 1. The van der Waals surface area contributed by atoms with Crippen LogP contribution in [-0.2, 0) is 6.54 Å². The lowest BCUT2D eigenvalue weighted by Gasteiger charge is -2.34. The molecule has 0 saturated carbocycles.